The van der Waals surface area contributed by atoms with E-state index < -0.39 is 22.7 Å². The van der Waals surface area contributed by atoms with E-state index >= 15 is 0 Å². The topological polar surface area (TPSA) is 149 Å². The van der Waals surface area contributed by atoms with Gasteiger partial charge in [-0.3, -0.25) is 19.7 Å². The van der Waals surface area contributed by atoms with E-state index in [9.17, 15) is 24.5 Å². The maximum absolute atomic E-state index is 11.9. The Bertz CT molecular complexity index is 987. The fraction of sp³-hybridized carbons (Fsp3) is 0.158. The van der Waals surface area contributed by atoms with Crippen LogP contribution in [0.2, 0.25) is 0 Å². The lowest BCUT2D eigenvalue weighted by Gasteiger charge is -2.05. The Morgan fingerprint density at radius 1 is 1.13 bits per heavy atom. The first kappa shape index (κ1) is 22.0. The van der Waals surface area contributed by atoms with Gasteiger partial charge in [0, 0.05) is 17.3 Å². The van der Waals surface area contributed by atoms with Gasteiger partial charge in [-0.25, -0.2) is 10.2 Å². The number of methoxy groups -OCH3 is 1. The summed E-state index contributed by atoms with van der Waals surface area (Å²) in [5.41, 5.74) is 2.66. The van der Waals surface area contributed by atoms with Gasteiger partial charge in [0.15, 0.2) is 5.75 Å². The molecule has 0 bridgehead atoms. The monoisotopic (exact) mass is 414 g/mol. The average molecular weight is 414 g/mol. The highest BCUT2D eigenvalue weighted by molar-refractivity contribution is 6.39. The zero-order valence-electron chi connectivity index (χ0n) is 16.1. The van der Waals surface area contributed by atoms with Crippen molar-refractivity contribution in [3.63, 3.8) is 0 Å². The van der Waals surface area contributed by atoms with Crippen LogP contribution in [-0.4, -0.2) is 42.6 Å². The minimum Gasteiger partial charge on any atom is -0.490 e. The first-order valence-corrected chi connectivity index (χ1v) is 8.59. The Balaban J connectivity index is 1.95. The van der Waals surface area contributed by atoms with Crippen LogP contribution in [0.15, 0.2) is 47.6 Å². The number of rotatable bonds is 7. The number of anilines is 1. The molecule has 0 radical (unpaired) electrons. The summed E-state index contributed by atoms with van der Waals surface area (Å²) in [6, 6.07) is 9.86. The molecule has 0 aliphatic heterocycles. The van der Waals surface area contributed by atoms with Crippen molar-refractivity contribution in [2.45, 2.75) is 6.92 Å². The summed E-state index contributed by atoms with van der Waals surface area (Å²) in [6.07, 6.45) is 1.14. The van der Waals surface area contributed by atoms with Crippen LogP contribution in [0.1, 0.15) is 22.8 Å². The number of esters is 1. The molecule has 0 atom stereocenters. The summed E-state index contributed by atoms with van der Waals surface area (Å²) < 4.78 is 9.74. The normalized spacial score (nSPS) is 10.3. The van der Waals surface area contributed by atoms with Gasteiger partial charge in [-0.2, -0.15) is 5.10 Å². The number of nitro benzene ring substituents is 1. The van der Waals surface area contributed by atoms with Gasteiger partial charge in [-0.15, -0.1) is 0 Å². The standard InChI is InChI=1S/C19H18N4O7/c1-3-30-19(26)13-5-7-14(8-6-13)21-17(24)18(25)22-20-11-12-4-9-16(29-2)15(10-12)23(27)28/h4-11H,3H2,1-2H3,(H,21,24)(H,22,25)/b20-11+. The quantitative estimate of drug-likeness (QED) is 0.231. The molecule has 0 aliphatic carbocycles. The van der Waals surface area contributed by atoms with Crippen molar-refractivity contribution in [2.75, 3.05) is 19.0 Å². The summed E-state index contributed by atoms with van der Waals surface area (Å²) in [7, 11) is 1.30. The lowest BCUT2D eigenvalue weighted by Crippen LogP contribution is -2.32. The molecule has 2 aromatic carbocycles. The van der Waals surface area contributed by atoms with Gasteiger partial charge < -0.3 is 14.8 Å². The summed E-state index contributed by atoms with van der Waals surface area (Å²) in [6.45, 7) is 1.92. The number of amides is 2. The van der Waals surface area contributed by atoms with Crippen molar-refractivity contribution in [3.05, 3.63) is 63.7 Å². The molecule has 0 heterocycles. The molecule has 0 aliphatic rings. The molecule has 0 unspecified atom stereocenters. The third kappa shape index (κ3) is 5.86. The highest BCUT2D eigenvalue weighted by Gasteiger charge is 2.15. The van der Waals surface area contributed by atoms with Crippen molar-refractivity contribution < 1.29 is 28.8 Å². The van der Waals surface area contributed by atoms with E-state index in [1.54, 1.807) is 6.92 Å². The Labute approximate surface area is 170 Å². The first-order chi connectivity index (χ1) is 14.3. The number of nitrogens with one attached hydrogen (secondary N) is 2. The smallest absolute Gasteiger partial charge is 0.338 e. The summed E-state index contributed by atoms with van der Waals surface area (Å²) in [5.74, 6) is -2.46. The number of hydrazone groups is 1. The highest BCUT2D eigenvalue weighted by atomic mass is 16.6. The van der Waals surface area contributed by atoms with E-state index in [1.165, 1.54) is 49.6 Å². The van der Waals surface area contributed by atoms with Crippen LogP contribution in [0.4, 0.5) is 11.4 Å². The van der Waals surface area contributed by atoms with Crippen LogP contribution in [-0.2, 0) is 14.3 Å². The van der Waals surface area contributed by atoms with Gasteiger partial charge in [0.1, 0.15) is 0 Å². The minimum atomic E-state index is -1.05. The van der Waals surface area contributed by atoms with Gasteiger partial charge in [-0.1, -0.05) is 0 Å². The second-order valence-corrected chi connectivity index (χ2v) is 5.64. The van der Waals surface area contributed by atoms with Gasteiger partial charge in [0.05, 0.1) is 30.4 Å². The molecule has 30 heavy (non-hydrogen) atoms. The molecule has 0 saturated heterocycles. The molecule has 0 aromatic heterocycles. The average Bonchev–Trinajstić information content (AvgIpc) is 2.74. The number of ether oxygens (including phenoxy) is 2. The van der Waals surface area contributed by atoms with E-state index in [1.807, 2.05) is 5.43 Å². The number of nitro groups is 1. The van der Waals surface area contributed by atoms with Crippen molar-refractivity contribution in [1.29, 1.82) is 0 Å². The molecule has 0 saturated carbocycles. The Hall–Kier alpha value is -4.28. The molecule has 11 heteroatoms. The highest BCUT2D eigenvalue weighted by Crippen LogP contribution is 2.26. The molecule has 0 spiro atoms. The largest absolute Gasteiger partial charge is 0.490 e. The minimum absolute atomic E-state index is 0.0783. The molecule has 156 valence electrons. The van der Waals surface area contributed by atoms with Crippen LogP contribution in [0, 0.1) is 10.1 Å². The van der Waals surface area contributed by atoms with Crippen LogP contribution in [0.25, 0.3) is 0 Å². The summed E-state index contributed by atoms with van der Waals surface area (Å²) in [5, 5.41) is 17.0. The number of carbonyl (C=O) groups is 3. The fourth-order valence-electron chi connectivity index (χ4n) is 2.24. The zero-order valence-corrected chi connectivity index (χ0v) is 16.1. The van der Waals surface area contributed by atoms with E-state index in [4.69, 9.17) is 9.47 Å². The maximum atomic E-state index is 11.9. The van der Waals surface area contributed by atoms with Gasteiger partial charge in [0.25, 0.3) is 0 Å². The molecule has 11 nitrogen and oxygen atoms in total. The molecule has 2 amide bonds. The van der Waals surface area contributed by atoms with Crippen molar-refractivity contribution >= 4 is 35.4 Å². The van der Waals surface area contributed by atoms with Gasteiger partial charge >= 0.3 is 23.5 Å². The third-order valence-corrected chi connectivity index (χ3v) is 3.64. The number of carbonyl (C=O) groups excluding carboxylic acids is 3. The van der Waals surface area contributed by atoms with Crippen molar-refractivity contribution in [2.24, 2.45) is 5.10 Å². The van der Waals surface area contributed by atoms with Crippen LogP contribution >= 0.6 is 0 Å². The Morgan fingerprint density at radius 2 is 1.83 bits per heavy atom. The summed E-state index contributed by atoms with van der Waals surface area (Å²) >= 11 is 0. The van der Waals surface area contributed by atoms with E-state index in [0.29, 0.717) is 11.1 Å². The number of hydrogen-bond acceptors (Lipinski definition) is 8. The lowest BCUT2D eigenvalue weighted by atomic mass is 10.2. The number of hydrogen-bond donors (Lipinski definition) is 2. The van der Waals surface area contributed by atoms with Crippen molar-refractivity contribution in [1.82, 2.24) is 5.43 Å². The van der Waals surface area contributed by atoms with Crippen LogP contribution in [0.3, 0.4) is 0 Å². The maximum Gasteiger partial charge on any atom is 0.338 e. The van der Waals surface area contributed by atoms with E-state index in [-0.39, 0.29) is 23.7 Å². The molecule has 2 aromatic rings. The predicted molar refractivity (Wildman–Crippen MR) is 106 cm³/mol. The second-order valence-electron chi connectivity index (χ2n) is 5.64. The van der Waals surface area contributed by atoms with Crippen LogP contribution < -0.4 is 15.5 Å². The summed E-state index contributed by atoms with van der Waals surface area (Å²) in [4.78, 5) is 45.7. The molecule has 2 rings (SSSR count). The Morgan fingerprint density at radius 3 is 2.43 bits per heavy atom. The third-order valence-electron chi connectivity index (χ3n) is 3.64. The van der Waals surface area contributed by atoms with Gasteiger partial charge in [-0.05, 0) is 43.3 Å². The van der Waals surface area contributed by atoms with E-state index in [0.717, 1.165) is 6.21 Å². The SMILES string of the molecule is CCOC(=O)c1ccc(NC(=O)C(=O)N/N=C/c2ccc(OC)c([N+](=O)[O-])c2)cc1. The fourth-order valence-corrected chi connectivity index (χ4v) is 2.24. The van der Waals surface area contributed by atoms with Crippen molar-refractivity contribution in [3.8, 4) is 5.75 Å². The second kappa shape index (κ2) is 10.3. The van der Waals surface area contributed by atoms with Gasteiger partial charge in [0.2, 0.25) is 0 Å². The number of benzene rings is 2. The molecule has 0 fully saturated rings. The number of nitrogens with zero attached hydrogens (tertiary/aromatic N) is 2. The van der Waals surface area contributed by atoms with Crippen LogP contribution in [0.5, 0.6) is 5.75 Å². The molecule has 2 N–H and O–H groups in total. The molecular weight excluding hydrogens is 396 g/mol. The van der Waals surface area contributed by atoms with E-state index in [2.05, 4.69) is 10.4 Å². The Kier molecular flexibility index (Phi) is 7.57. The molecular formula is C19H18N4O7. The first-order valence-electron chi connectivity index (χ1n) is 8.59. The zero-order chi connectivity index (χ0) is 22.1. The predicted octanol–water partition coefficient (Wildman–Crippen LogP) is 1.87. The lowest BCUT2D eigenvalue weighted by molar-refractivity contribution is -0.385.